The minimum Gasteiger partial charge on any atom is -0.464 e. The number of carbonyl (C=O) groups excluding carboxylic acids is 4. The molecule has 5 aliphatic rings. The van der Waals surface area contributed by atoms with Crippen LogP contribution in [0.1, 0.15) is 84.9 Å². The fourth-order valence-electron chi connectivity index (χ4n) is 9.78. The molecule has 320 valence electrons. The van der Waals surface area contributed by atoms with Crippen LogP contribution < -0.4 is 20.9 Å². The van der Waals surface area contributed by atoms with Crippen LogP contribution >= 0.6 is 0 Å². The molecule has 1 aliphatic carbocycles. The summed E-state index contributed by atoms with van der Waals surface area (Å²) in [5.74, 6) is -0.634. The van der Waals surface area contributed by atoms with Crippen molar-refractivity contribution in [3.63, 3.8) is 0 Å². The first-order valence-corrected chi connectivity index (χ1v) is 21.1. The molecule has 4 amide bonds. The van der Waals surface area contributed by atoms with Gasteiger partial charge in [0.25, 0.3) is 12.3 Å². The van der Waals surface area contributed by atoms with Crippen LogP contribution in [-0.2, 0) is 19.1 Å². The van der Waals surface area contributed by atoms with Crippen LogP contribution in [0.15, 0.2) is 53.5 Å². The number of hydrogen-bond donors (Lipinski definition) is 3. The average molecular weight is 840 g/mol. The van der Waals surface area contributed by atoms with Gasteiger partial charge >= 0.3 is 0 Å². The standard InChI is InChI=1S/C42H47F2N11O6/c43-39(44)38-33(47-42(59)31-17-45-54-10-9-35(48-40(31)54)53-19-28-16-27(53)22-60-28)20-55(50-38)26-4-1-24(2-5-26)18-51-11-13-52(14-12-51)21-37(57)46-25-3-7-34-30(15-25)32(23-61-34)29-6-8-36(56)49-41(29)58/h3,7,9-10,15,17,20,23-24,26-29,39H,1-2,4-6,8,11-14,16,18-19,21-22H2,(H,46,57)(H,47,59)(H,49,56,58)/t24?,26?,27-,28-,29?/m0/s1. The molecule has 10 rings (SSSR count). The highest BCUT2D eigenvalue weighted by molar-refractivity contribution is 6.08. The Kier molecular flexibility index (Phi) is 10.5. The molecule has 2 bridgehead atoms. The summed E-state index contributed by atoms with van der Waals surface area (Å²) in [6, 6.07) is 7.39. The average Bonchev–Trinajstić information content (AvgIpc) is 4.11. The van der Waals surface area contributed by atoms with Gasteiger partial charge in [0.2, 0.25) is 17.7 Å². The fourth-order valence-corrected chi connectivity index (χ4v) is 9.78. The maximum absolute atomic E-state index is 14.3. The third-order valence-corrected chi connectivity index (χ3v) is 13.0. The molecule has 61 heavy (non-hydrogen) atoms. The van der Waals surface area contributed by atoms with Gasteiger partial charge in [-0.15, -0.1) is 0 Å². The molecule has 5 aromatic rings. The third kappa shape index (κ3) is 7.96. The van der Waals surface area contributed by atoms with Crippen LogP contribution in [0.25, 0.3) is 16.6 Å². The van der Waals surface area contributed by atoms with Crippen LogP contribution in [0, 0.1) is 5.92 Å². The van der Waals surface area contributed by atoms with Gasteiger partial charge in [0.05, 0.1) is 55.4 Å². The number of carbonyl (C=O) groups is 4. The highest BCUT2D eigenvalue weighted by Gasteiger charge is 2.40. The van der Waals surface area contributed by atoms with Gasteiger partial charge < -0.3 is 29.6 Å². The number of amides is 4. The lowest BCUT2D eigenvalue weighted by Gasteiger charge is -2.38. The van der Waals surface area contributed by atoms with Crippen molar-refractivity contribution in [1.82, 2.24) is 39.5 Å². The summed E-state index contributed by atoms with van der Waals surface area (Å²) in [5, 5.41) is 17.4. The summed E-state index contributed by atoms with van der Waals surface area (Å²) in [6.45, 7) is 5.73. The second-order valence-corrected chi connectivity index (χ2v) is 17.0. The smallest absolute Gasteiger partial charge is 0.284 e. The Bertz CT molecular complexity index is 2490. The van der Waals surface area contributed by atoms with Crippen molar-refractivity contribution in [3.05, 3.63) is 65.9 Å². The number of halogens is 2. The van der Waals surface area contributed by atoms with E-state index in [9.17, 15) is 28.0 Å². The molecule has 19 heteroatoms. The maximum atomic E-state index is 14.3. The number of morpholine rings is 1. The van der Waals surface area contributed by atoms with E-state index in [1.165, 1.54) is 16.9 Å². The molecule has 1 aromatic carbocycles. The molecule has 0 spiro atoms. The van der Waals surface area contributed by atoms with Gasteiger partial charge in [0.1, 0.15) is 17.0 Å². The monoisotopic (exact) mass is 839 g/mol. The van der Waals surface area contributed by atoms with Crippen molar-refractivity contribution < 1.29 is 37.1 Å². The number of nitrogens with zero attached hydrogens (tertiary/aromatic N) is 8. The van der Waals surface area contributed by atoms with Crippen LogP contribution in [0.5, 0.6) is 0 Å². The van der Waals surface area contributed by atoms with Gasteiger partial charge in [0, 0.05) is 74.7 Å². The molecular weight excluding hydrogens is 793 g/mol. The van der Waals surface area contributed by atoms with Crippen LogP contribution in [0.4, 0.5) is 26.0 Å². The quantitative estimate of drug-likeness (QED) is 0.160. The zero-order valence-electron chi connectivity index (χ0n) is 33.5. The lowest BCUT2D eigenvalue weighted by Crippen LogP contribution is -2.49. The Morgan fingerprint density at radius 1 is 0.984 bits per heavy atom. The molecule has 4 saturated heterocycles. The number of aromatic nitrogens is 5. The summed E-state index contributed by atoms with van der Waals surface area (Å²) >= 11 is 0. The van der Waals surface area contributed by atoms with E-state index in [-0.39, 0.29) is 60.1 Å². The van der Waals surface area contributed by atoms with Crippen molar-refractivity contribution in [2.75, 3.05) is 68.0 Å². The van der Waals surface area contributed by atoms with E-state index >= 15 is 0 Å². The minimum atomic E-state index is -2.87. The number of ether oxygens (including phenoxy) is 1. The van der Waals surface area contributed by atoms with E-state index in [0.717, 1.165) is 82.6 Å². The first kappa shape index (κ1) is 39.4. The normalized spacial score (nSPS) is 24.9. The molecule has 5 fully saturated rings. The first-order valence-electron chi connectivity index (χ1n) is 21.1. The van der Waals surface area contributed by atoms with Crippen molar-refractivity contribution in [3.8, 4) is 0 Å². The predicted octanol–water partition coefficient (Wildman–Crippen LogP) is 4.35. The molecule has 3 N–H and O–H groups in total. The molecular formula is C42H47F2N11O6. The Labute approximate surface area is 348 Å². The second-order valence-electron chi connectivity index (χ2n) is 17.0. The summed E-state index contributed by atoms with van der Waals surface area (Å²) in [7, 11) is 0. The summed E-state index contributed by atoms with van der Waals surface area (Å²) in [6.07, 6.45) is 8.57. The number of piperidine rings is 1. The van der Waals surface area contributed by atoms with Crippen molar-refractivity contribution >= 4 is 57.4 Å². The molecule has 17 nitrogen and oxygen atoms in total. The van der Waals surface area contributed by atoms with Gasteiger partial charge in [-0.3, -0.25) is 34.1 Å². The topological polar surface area (TPSA) is 184 Å². The lowest BCUT2D eigenvalue weighted by atomic mass is 9.85. The lowest BCUT2D eigenvalue weighted by molar-refractivity contribution is -0.134. The number of piperazine rings is 1. The highest BCUT2D eigenvalue weighted by atomic mass is 19.3. The van der Waals surface area contributed by atoms with E-state index in [1.54, 1.807) is 29.3 Å². The SMILES string of the molecule is O=C1CCC(c2coc3ccc(NC(=O)CN4CCN(CC5CCC(n6cc(NC(=O)c7cnn8ccc(N9C[C@@H]%10C[C@H]9CO%10)nc78)c(C(F)F)n6)CC5)CC4)cc23)C(=O)N1. The van der Waals surface area contributed by atoms with Gasteiger partial charge in [-0.2, -0.15) is 10.2 Å². The molecule has 1 unspecified atom stereocenters. The maximum Gasteiger partial charge on any atom is 0.284 e. The number of benzene rings is 1. The van der Waals surface area contributed by atoms with E-state index in [0.29, 0.717) is 41.4 Å². The van der Waals surface area contributed by atoms with Crippen molar-refractivity contribution in [1.29, 1.82) is 0 Å². The number of nitrogens with one attached hydrogen (secondary N) is 3. The second kappa shape index (κ2) is 16.2. The van der Waals surface area contributed by atoms with E-state index < -0.39 is 23.9 Å². The van der Waals surface area contributed by atoms with E-state index in [2.05, 4.69) is 40.8 Å². The zero-order valence-corrected chi connectivity index (χ0v) is 33.5. The number of hydrogen-bond acceptors (Lipinski definition) is 12. The molecule has 8 heterocycles. The van der Waals surface area contributed by atoms with Crippen LogP contribution in [-0.4, -0.2) is 122 Å². The van der Waals surface area contributed by atoms with Gasteiger partial charge in [-0.1, -0.05) is 0 Å². The summed E-state index contributed by atoms with van der Waals surface area (Å²) < 4.78 is 43.1. The molecule has 3 atom stereocenters. The number of rotatable bonds is 11. The predicted molar refractivity (Wildman–Crippen MR) is 217 cm³/mol. The van der Waals surface area contributed by atoms with Crippen molar-refractivity contribution in [2.45, 2.75) is 75.5 Å². The summed E-state index contributed by atoms with van der Waals surface area (Å²) in [5.41, 5.74) is 1.97. The highest BCUT2D eigenvalue weighted by Crippen LogP contribution is 2.37. The van der Waals surface area contributed by atoms with E-state index in [1.807, 2.05) is 12.1 Å². The number of furan rings is 1. The number of anilines is 3. The number of fused-ring (bicyclic) bond motifs is 4. The molecule has 4 aliphatic heterocycles. The van der Waals surface area contributed by atoms with Gasteiger partial charge in [-0.05, 0) is 68.7 Å². The summed E-state index contributed by atoms with van der Waals surface area (Å²) in [4.78, 5) is 62.2. The molecule has 4 aromatic heterocycles. The van der Waals surface area contributed by atoms with Crippen molar-refractivity contribution in [2.24, 2.45) is 5.92 Å². The number of alkyl halides is 2. The number of imide groups is 1. The fraction of sp³-hybridized carbons (Fsp3) is 0.500. The van der Waals surface area contributed by atoms with Crippen LogP contribution in [0.2, 0.25) is 0 Å². The van der Waals surface area contributed by atoms with Gasteiger partial charge in [0.15, 0.2) is 11.3 Å². The Balaban J connectivity index is 0.696. The third-order valence-electron chi connectivity index (χ3n) is 13.0. The van der Waals surface area contributed by atoms with Gasteiger partial charge in [-0.25, -0.2) is 18.3 Å². The Morgan fingerprint density at radius 2 is 1.80 bits per heavy atom. The Hall–Kier alpha value is -5.79. The first-order chi connectivity index (χ1) is 29.6. The Morgan fingerprint density at radius 3 is 2.56 bits per heavy atom. The molecule has 0 radical (unpaired) electrons. The largest absolute Gasteiger partial charge is 0.464 e. The molecule has 1 saturated carbocycles. The zero-order chi connectivity index (χ0) is 41.8. The van der Waals surface area contributed by atoms with E-state index in [4.69, 9.17) is 14.1 Å². The minimum absolute atomic E-state index is 0.0175. The van der Waals surface area contributed by atoms with Crippen LogP contribution in [0.3, 0.4) is 0 Å².